The average molecular weight is 201 g/mol. The molecule has 0 spiro atoms. The number of hydrogen-bond acceptors (Lipinski definition) is 2. The van der Waals surface area contributed by atoms with E-state index < -0.39 is 0 Å². The Morgan fingerprint density at radius 1 is 1.60 bits per heavy atom. The Bertz CT molecular complexity index is 380. The molecule has 2 rings (SSSR count). The van der Waals surface area contributed by atoms with Crippen molar-refractivity contribution < 1.29 is 4.74 Å². The third-order valence-electron chi connectivity index (χ3n) is 2.87. The average Bonchev–Trinajstić information content (AvgIpc) is 2.69. The van der Waals surface area contributed by atoms with Gasteiger partial charge in [0, 0.05) is 17.5 Å². The second-order valence-electron chi connectivity index (χ2n) is 3.83. The third kappa shape index (κ3) is 1.98. The van der Waals surface area contributed by atoms with Crippen LogP contribution in [0.1, 0.15) is 18.4 Å². The predicted molar refractivity (Wildman–Crippen MR) is 61.0 cm³/mol. The van der Waals surface area contributed by atoms with Gasteiger partial charge in [0.15, 0.2) is 0 Å². The fraction of sp³-hybridized carbons (Fsp3) is 0.385. The first kappa shape index (κ1) is 10.1. The van der Waals surface area contributed by atoms with Crippen molar-refractivity contribution in [3.63, 3.8) is 0 Å². The molecule has 2 heteroatoms. The molecule has 78 valence electrons. The van der Waals surface area contributed by atoms with E-state index in [2.05, 4.69) is 30.3 Å². The van der Waals surface area contributed by atoms with Crippen LogP contribution in [-0.2, 0) is 0 Å². The molecule has 1 N–H and O–H groups in total. The van der Waals surface area contributed by atoms with Crippen LogP contribution in [0.15, 0.2) is 24.3 Å². The number of benzene rings is 1. The number of terminal acetylenes is 1. The standard InChI is InChI=1S/C13H15NO/c1-3-8-14-10(2)12-9-15-13-7-5-4-6-11(12)13/h1,4-7,10,12,14H,8-9H2,2H3. The molecule has 0 aliphatic carbocycles. The zero-order chi connectivity index (χ0) is 10.7. The molecule has 1 aromatic rings. The molecule has 2 nitrogen and oxygen atoms in total. The first-order chi connectivity index (χ1) is 7.33. The molecule has 0 saturated carbocycles. The van der Waals surface area contributed by atoms with Gasteiger partial charge in [0.1, 0.15) is 5.75 Å². The van der Waals surface area contributed by atoms with Gasteiger partial charge in [0.25, 0.3) is 0 Å². The smallest absolute Gasteiger partial charge is 0.122 e. The minimum Gasteiger partial charge on any atom is -0.493 e. The summed E-state index contributed by atoms with van der Waals surface area (Å²) >= 11 is 0. The Balaban J connectivity index is 2.10. The normalized spacial score (nSPS) is 20.1. The summed E-state index contributed by atoms with van der Waals surface area (Å²) in [5, 5.41) is 3.30. The fourth-order valence-corrected chi connectivity index (χ4v) is 1.96. The number of hydrogen-bond donors (Lipinski definition) is 1. The van der Waals surface area contributed by atoms with E-state index in [1.165, 1.54) is 5.56 Å². The van der Waals surface area contributed by atoms with E-state index in [4.69, 9.17) is 11.2 Å². The molecule has 15 heavy (non-hydrogen) atoms. The van der Waals surface area contributed by atoms with Crippen LogP contribution in [-0.4, -0.2) is 19.2 Å². The number of para-hydroxylation sites is 1. The molecular weight excluding hydrogens is 186 g/mol. The largest absolute Gasteiger partial charge is 0.493 e. The summed E-state index contributed by atoms with van der Waals surface area (Å²) in [5.41, 5.74) is 1.29. The maximum atomic E-state index is 5.62. The molecule has 1 heterocycles. The van der Waals surface area contributed by atoms with Crippen molar-refractivity contribution in [2.24, 2.45) is 0 Å². The number of fused-ring (bicyclic) bond motifs is 1. The van der Waals surface area contributed by atoms with Crippen molar-refractivity contribution in [1.29, 1.82) is 0 Å². The third-order valence-corrected chi connectivity index (χ3v) is 2.87. The quantitative estimate of drug-likeness (QED) is 0.753. The predicted octanol–water partition coefficient (Wildman–Crippen LogP) is 1.77. The van der Waals surface area contributed by atoms with Gasteiger partial charge in [-0.15, -0.1) is 6.42 Å². The summed E-state index contributed by atoms with van der Waals surface area (Å²) in [5.74, 6) is 4.02. The van der Waals surface area contributed by atoms with E-state index in [1.807, 2.05) is 12.1 Å². The van der Waals surface area contributed by atoms with Crippen molar-refractivity contribution >= 4 is 0 Å². The van der Waals surface area contributed by atoms with Gasteiger partial charge >= 0.3 is 0 Å². The van der Waals surface area contributed by atoms with Crippen molar-refractivity contribution in [2.75, 3.05) is 13.2 Å². The molecule has 1 aliphatic rings. The van der Waals surface area contributed by atoms with Gasteiger partial charge in [-0.2, -0.15) is 0 Å². The highest BCUT2D eigenvalue weighted by Crippen LogP contribution is 2.35. The molecule has 1 aliphatic heterocycles. The summed E-state index contributed by atoms with van der Waals surface area (Å²) in [6.07, 6.45) is 5.23. The highest BCUT2D eigenvalue weighted by Gasteiger charge is 2.27. The van der Waals surface area contributed by atoms with E-state index in [0.29, 0.717) is 18.5 Å². The molecular formula is C13H15NO. The molecule has 1 aromatic carbocycles. The fourth-order valence-electron chi connectivity index (χ4n) is 1.96. The van der Waals surface area contributed by atoms with Crippen molar-refractivity contribution in [2.45, 2.75) is 18.9 Å². The van der Waals surface area contributed by atoms with Crippen LogP contribution in [0, 0.1) is 12.3 Å². The molecule has 0 radical (unpaired) electrons. The van der Waals surface area contributed by atoms with Crippen molar-refractivity contribution in [3.05, 3.63) is 29.8 Å². The Hall–Kier alpha value is -1.46. The van der Waals surface area contributed by atoms with Gasteiger partial charge in [-0.25, -0.2) is 0 Å². The lowest BCUT2D eigenvalue weighted by molar-refractivity contribution is 0.307. The number of ether oxygens (including phenoxy) is 1. The summed E-state index contributed by atoms with van der Waals surface area (Å²) in [6.45, 7) is 3.51. The summed E-state index contributed by atoms with van der Waals surface area (Å²) in [6, 6.07) is 8.55. The van der Waals surface area contributed by atoms with Gasteiger partial charge in [-0.1, -0.05) is 24.1 Å². The maximum absolute atomic E-state index is 5.62. The summed E-state index contributed by atoms with van der Waals surface area (Å²) in [7, 11) is 0. The van der Waals surface area contributed by atoms with Gasteiger partial charge in [0.05, 0.1) is 13.2 Å². The van der Waals surface area contributed by atoms with Crippen molar-refractivity contribution in [3.8, 4) is 18.1 Å². The Morgan fingerprint density at radius 3 is 3.20 bits per heavy atom. The minimum absolute atomic E-state index is 0.352. The minimum atomic E-state index is 0.352. The molecule has 0 bridgehead atoms. The topological polar surface area (TPSA) is 21.3 Å². The van der Waals surface area contributed by atoms with Crippen LogP contribution in [0.4, 0.5) is 0 Å². The Morgan fingerprint density at radius 2 is 2.40 bits per heavy atom. The molecule has 0 fully saturated rings. The zero-order valence-corrected chi connectivity index (χ0v) is 8.86. The Kier molecular flexibility index (Phi) is 2.94. The second kappa shape index (κ2) is 4.37. The SMILES string of the molecule is C#CCNC(C)C1COc2ccccc21. The van der Waals surface area contributed by atoms with Gasteiger partial charge in [0.2, 0.25) is 0 Å². The monoisotopic (exact) mass is 201 g/mol. The van der Waals surface area contributed by atoms with Gasteiger partial charge < -0.3 is 10.1 Å². The second-order valence-corrected chi connectivity index (χ2v) is 3.83. The first-order valence-corrected chi connectivity index (χ1v) is 5.21. The van der Waals surface area contributed by atoms with Crippen molar-refractivity contribution in [1.82, 2.24) is 5.32 Å². The highest BCUT2D eigenvalue weighted by atomic mass is 16.5. The van der Waals surface area contributed by atoms with E-state index in [0.717, 1.165) is 12.4 Å². The number of nitrogens with one attached hydrogen (secondary N) is 1. The lowest BCUT2D eigenvalue weighted by atomic mass is 9.94. The lowest BCUT2D eigenvalue weighted by Crippen LogP contribution is -2.33. The van der Waals surface area contributed by atoms with Crippen LogP contribution in [0.5, 0.6) is 5.75 Å². The maximum Gasteiger partial charge on any atom is 0.122 e. The molecule has 0 saturated heterocycles. The molecule has 0 amide bonds. The molecule has 0 aromatic heterocycles. The molecule has 2 unspecified atom stereocenters. The van der Waals surface area contributed by atoms with E-state index in [9.17, 15) is 0 Å². The van der Waals surface area contributed by atoms with Crippen LogP contribution in [0.3, 0.4) is 0 Å². The van der Waals surface area contributed by atoms with E-state index in [1.54, 1.807) is 0 Å². The van der Waals surface area contributed by atoms with Gasteiger partial charge in [-0.3, -0.25) is 0 Å². The first-order valence-electron chi connectivity index (χ1n) is 5.21. The van der Waals surface area contributed by atoms with E-state index in [-0.39, 0.29) is 0 Å². The van der Waals surface area contributed by atoms with Crippen LogP contribution >= 0.6 is 0 Å². The summed E-state index contributed by atoms with van der Waals surface area (Å²) < 4.78 is 5.62. The van der Waals surface area contributed by atoms with Crippen LogP contribution in [0.25, 0.3) is 0 Å². The van der Waals surface area contributed by atoms with E-state index >= 15 is 0 Å². The highest BCUT2D eigenvalue weighted by molar-refractivity contribution is 5.40. The van der Waals surface area contributed by atoms with Gasteiger partial charge in [-0.05, 0) is 13.0 Å². The molecule has 2 atom stereocenters. The Labute approximate surface area is 90.6 Å². The summed E-state index contributed by atoms with van der Waals surface area (Å²) in [4.78, 5) is 0. The van der Waals surface area contributed by atoms with Crippen LogP contribution in [0.2, 0.25) is 0 Å². The lowest BCUT2D eigenvalue weighted by Gasteiger charge is -2.18. The van der Waals surface area contributed by atoms with Crippen LogP contribution < -0.4 is 10.1 Å². The number of rotatable bonds is 3. The zero-order valence-electron chi connectivity index (χ0n) is 8.86.